The highest BCUT2D eigenvalue weighted by atomic mass is 32.5. The number of hydrogen-bond donors (Lipinski definition) is 2. The van der Waals surface area contributed by atoms with Gasteiger partial charge >= 0.3 is 0 Å². The lowest BCUT2D eigenvalue weighted by molar-refractivity contribution is 0.495. The number of fused-ring (bicyclic) bond motifs is 3. The molecule has 0 aromatic heterocycles. The summed E-state index contributed by atoms with van der Waals surface area (Å²) in [5.41, 5.74) is 8.18. The fourth-order valence-corrected chi connectivity index (χ4v) is 4.31. The number of para-hydroxylation sites is 1. The molecule has 0 aliphatic carbocycles. The molecule has 0 radical (unpaired) electrons. The van der Waals surface area contributed by atoms with Crippen LogP contribution in [-0.4, -0.2) is 4.89 Å². The first-order chi connectivity index (χ1) is 8.09. The molecule has 0 fully saturated rings. The highest BCUT2D eigenvalue weighted by Gasteiger charge is 2.31. The summed E-state index contributed by atoms with van der Waals surface area (Å²) >= 11 is 5.18. The molecular formula is C12H10NO2PS. The van der Waals surface area contributed by atoms with Gasteiger partial charge in [0.05, 0.1) is 5.30 Å². The molecule has 1 aliphatic heterocycles. The largest absolute Gasteiger partial charge is 0.440 e. The van der Waals surface area contributed by atoms with Gasteiger partial charge in [-0.1, -0.05) is 30.3 Å². The van der Waals surface area contributed by atoms with Gasteiger partial charge in [0, 0.05) is 16.8 Å². The first kappa shape index (κ1) is 10.8. The third kappa shape index (κ3) is 1.57. The van der Waals surface area contributed by atoms with E-state index in [1.807, 2.05) is 30.3 Å². The molecule has 1 atom stereocenters. The molecule has 3 rings (SSSR count). The number of rotatable bonds is 0. The van der Waals surface area contributed by atoms with E-state index in [-0.39, 0.29) is 0 Å². The fraction of sp³-hybridized carbons (Fsp3) is 0. The Bertz CT molecular complexity index is 657. The molecule has 86 valence electrons. The highest BCUT2D eigenvalue weighted by molar-refractivity contribution is 8.13. The first-order valence-electron chi connectivity index (χ1n) is 5.10. The summed E-state index contributed by atoms with van der Waals surface area (Å²) in [6, 6.07) is 13.0. The van der Waals surface area contributed by atoms with Crippen LogP contribution in [0.1, 0.15) is 0 Å². The van der Waals surface area contributed by atoms with Gasteiger partial charge in [-0.3, -0.25) is 0 Å². The van der Waals surface area contributed by atoms with Gasteiger partial charge in [-0.15, -0.1) is 0 Å². The molecule has 0 saturated carbocycles. The minimum atomic E-state index is -3.04. The smallest absolute Gasteiger partial charge is 0.269 e. The van der Waals surface area contributed by atoms with Crippen molar-refractivity contribution >= 4 is 29.3 Å². The van der Waals surface area contributed by atoms with E-state index in [1.54, 1.807) is 12.1 Å². The number of benzene rings is 2. The molecule has 0 saturated heterocycles. The summed E-state index contributed by atoms with van der Waals surface area (Å²) in [7, 11) is 0. The predicted octanol–water partition coefficient (Wildman–Crippen LogP) is 2.26. The van der Waals surface area contributed by atoms with E-state index in [0.717, 1.165) is 11.1 Å². The number of hydrogen-bond acceptors (Lipinski definition) is 3. The molecule has 3 N–H and O–H groups in total. The Morgan fingerprint density at radius 2 is 1.76 bits per heavy atom. The van der Waals surface area contributed by atoms with Crippen molar-refractivity contribution in [3.8, 4) is 16.9 Å². The zero-order valence-corrected chi connectivity index (χ0v) is 10.5. The van der Waals surface area contributed by atoms with E-state index in [0.29, 0.717) is 16.7 Å². The Hall–Kier alpha value is -1.35. The molecular weight excluding hydrogens is 253 g/mol. The summed E-state index contributed by atoms with van der Waals surface area (Å²) in [6.07, 6.45) is 0. The summed E-state index contributed by atoms with van der Waals surface area (Å²) < 4.78 is 5.53. The molecule has 0 spiro atoms. The maximum absolute atomic E-state index is 10.3. The quantitative estimate of drug-likeness (QED) is 0.565. The van der Waals surface area contributed by atoms with E-state index in [2.05, 4.69) is 0 Å². The molecule has 5 heteroatoms. The second-order valence-corrected chi connectivity index (χ2v) is 7.01. The van der Waals surface area contributed by atoms with Gasteiger partial charge < -0.3 is 15.2 Å². The molecule has 17 heavy (non-hydrogen) atoms. The minimum absolute atomic E-state index is 0.489. The highest BCUT2D eigenvalue weighted by Crippen LogP contribution is 2.53. The van der Waals surface area contributed by atoms with E-state index in [4.69, 9.17) is 22.1 Å². The van der Waals surface area contributed by atoms with Crippen molar-refractivity contribution in [2.24, 2.45) is 0 Å². The van der Waals surface area contributed by atoms with Crippen LogP contribution in [0.2, 0.25) is 0 Å². The zero-order valence-electron chi connectivity index (χ0n) is 8.83. The van der Waals surface area contributed by atoms with Crippen LogP contribution in [-0.2, 0) is 11.8 Å². The lowest BCUT2D eigenvalue weighted by atomic mass is 10.0. The lowest BCUT2D eigenvalue weighted by Crippen LogP contribution is -2.20. The third-order valence-electron chi connectivity index (χ3n) is 2.75. The summed E-state index contributed by atoms with van der Waals surface area (Å²) in [5.74, 6) is 0.622. The van der Waals surface area contributed by atoms with Crippen molar-refractivity contribution in [3.05, 3.63) is 42.5 Å². The summed E-state index contributed by atoms with van der Waals surface area (Å²) in [5, 5.41) is 0.564. The third-order valence-corrected chi connectivity index (χ3v) is 5.03. The van der Waals surface area contributed by atoms with Crippen LogP contribution in [0.3, 0.4) is 0 Å². The monoisotopic (exact) mass is 263 g/mol. The average molecular weight is 263 g/mol. The number of anilines is 1. The SMILES string of the molecule is Nc1cccc2c1P(O)(=S)Oc1ccccc1-2. The van der Waals surface area contributed by atoms with Gasteiger partial charge in [-0.25, -0.2) is 0 Å². The molecule has 2 aromatic carbocycles. The van der Waals surface area contributed by atoms with Crippen LogP contribution in [0.5, 0.6) is 5.75 Å². The van der Waals surface area contributed by atoms with Crippen LogP contribution in [0.4, 0.5) is 5.69 Å². The fourth-order valence-electron chi connectivity index (χ4n) is 2.04. The summed E-state index contributed by atoms with van der Waals surface area (Å²) in [4.78, 5) is 10.3. The maximum atomic E-state index is 10.3. The van der Waals surface area contributed by atoms with E-state index in [1.165, 1.54) is 0 Å². The van der Waals surface area contributed by atoms with Gasteiger partial charge in [0.25, 0.3) is 6.49 Å². The molecule has 3 nitrogen and oxygen atoms in total. The predicted molar refractivity (Wildman–Crippen MR) is 73.1 cm³/mol. The topological polar surface area (TPSA) is 55.5 Å². The minimum Gasteiger partial charge on any atom is -0.440 e. The van der Waals surface area contributed by atoms with Gasteiger partial charge in [-0.2, -0.15) is 0 Å². The van der Waals surface area contributed by atoms with Gasteiger partial charge in [0.15, 0.2) is 0 Å². The second-order valence-electron chi connectivity index (χ2n) is 3.85. The van der Waals surface area contributed by atoms with E-state index < -0.39 is 6.49 Å². The van der Waals surface area contributed by atoms with Crippen molar-refractivity contribution in [2.75, 3.05) is 5.73 Å². The molecule has 1 heterocycles. The molecule has 0 amide bonds. The lowest BCUT2D eigenvalue weighted by Gasteiger charge is -2.28. The van der Waals surface area contributed by atoms with Gasteiger partial charge in [0.2, 0.25) is 0 Å². The first-order valence-corrected chi connectivity index (χ1v) is 7.78. The van der Waals surface area contributed by atoms with Crippen molar-refractivity contribution in [2.45, 2.75) is 0 Å². The number of nitrogen functional groups attached to an aromatic ring is 1. The van der Waals surface area contributed by atoms with Crippen LogP contribution in [0.15, 0.2) is 42.5 Å². The van der Waals surface area contributed by atoms with Crippen molar-refractivity contribution in [1.29, 1.82) is 0 Å². The molecule has 0 bridgehead atoms. The van der Waals surface area contributed by atoms with Gasteiger partial charge in [-0.05, 0) is 23.9 Å². The zero-order chi connectivity index (χ0) is 12.0. The second kappa shape index (κ2) is 3.57. The Morgan fingerprint density at radius 3 is 2.59 bits per heavy atom. The Kier molecular flexibility index (Phi) is 2.26. The van der Waals surface area contributed by atoms with Crippen LogP contribution in [0.25, 0.3) is 11.1 Å². The van der Waals surface area contributed by atoms with Gasteiger partial charge in [0.1, 0.15) is 5.75 Å². The Balaban J connectivity index is 2.41. The Labute approximate surface area is 104 Å². The maximum Gasteiger partial charge on any atom is 0.269 e. The van der Waals surface area contributed by atoms with E-state index in [9.17, 15) is 4.89 Å². The summed E-state index contributed by atoms with van der Waals surface area (Å²) in [6.45, 7) is -3.04. The normalized spacial score (nSPS) is 21.2. The Morgan fingerprint density at radius 1 is 1.06 bits per heavy atom. The van der Waals surface area contributed by atoms with Crippen LogP contribution < -0.4 is 15.6 Å². The van der Waals surface area contributed by atoms with Crippen LogP contribution >= 0.6 is 6.49 Å². The average Bonchev–Trinajstić information content (AvgIpc) is 2.28. The number of nitrogens with two attached hydrogens (primary N) is 1. The van der Waals surface area contributed by atoms with Crippen molar-refractivity contribution in [3.63, 3.8) is 0 Å². The molecule has 1 unspecified atom stereocenters. The molecule has 1 aliphatic rings. The standard InChI is InChI=1S/C12H10NO2PS/c13-10-6-3-5-9-8-4-1-2-7-11(8)15-16(14,17)12(9)10/h1-7H,13H2,(H,14,17). The van der Waals surface area contributed by atoms with Crippen molar-refractivity contribution < 1.29 is 9.42 Å². The molecule has 2 aromatic rings. The van der Waals surface area contributed by atoms with Crippen LogP contribution in [0, 0.1) is 0 Å². The van der Waals surface area contributed by atoms with E-state index >= 15 is 0 Å². The van der Waals surface area contributed by atoms with Crippen molar-refractivity contribution in [1.82, 2.24) is 0 Å².